The first-order valence-electron chi connectivity index (χ1n) is 8.04. The standard InChI is InChI=1S/C20H19F2NO4/c1-23(13-15-5-10-17(11-6-15)27-20(21)22)18(24)12-7-14-3-8-16(9-4-14)19(25)26-2/h3-12,20H,13H2,1-2H3. The number of hydrogen-bond donors (Lipinski definition) is 0. The number of carbonyl (C=O) groups excluding carboxylic acids is 2. The van der Waals surface area contributed by atoms with Gasteiger partial charge in [0.25, 0.3) is 0 Å². The predicted molar refractivity (Wildman–Crippen MR) is 96.4 cm³/mol. The molecule has 2 aromatic rings. The number of methoxy groups -OCH3 is 1. The molecule has 2 rings (SSSR count). The minimum atomic E-state index is -2.87. The lowest BCUT2D eigenvalue weighted by Gasteiger charge is -2.15. The average molecular weight is 375 g/mol. The predicted octanol–water partition coefficient (Wildman–Crippen LogP) is 3.75. The molecule has 1 amide bonds. The largest absolute Gasteiger partial charge is 0.465 e. The molecule has 0 atom stereocenters. The molecule has 0 saturated carbocycles. The Hall–Kier alpha value is -3.22. The second-order valence-electron chi connectivity index (χ2n) is 5.66. The van der Waals surface area contributed by atoms with Crippen LogP contribution in [0.3, 0.4) is 0 Å². The summed E-state index contributed by atoms with van der Waals surface area (Å²) in [4.78, 5) is 25.1. The summed E-state index contributed by atoms with van der Waals surface area (Å²) < 4.78 is 33.2. The van der Waals surface area contributed by atoms with Crippen LogP contribution in [0.5, 0.6) is 5.75 Å². The van der Waals surface area contributed by atoms with Crippen molar-refractivity contribution in [2.45, 2.75) is 13.2 Å². The van der Waals surface area contributed by atoms with Gasteiger partial charge < -0.3 is 14.4 Å². The number of halogens is 2. The summed E-state index contributed by atoms with van der Waals surface area (Å²) in [6.45, 7) is -2.55. The van der Waals surface area contributed by atoms with E-state index >= 15 is 0 Å². The fourth-order valence-electron chi connectivity index (χ4n) is 2.27. The molecule has 0 spiro atoms. The molecule has 2 aromatic carbocycles. The maximum Gasteiger partial charge on any atom is 0.387 e. The van der Waals surface area contributed by atoms with Gasteiger partial charge in [-0.05, 0) is 41.5 Å². The van der Waals surface area contributed by atoms with Crippen molar-refractivity contribution >= 4 is 18.0 Å². The molecule has 0 fully saturated rings. The van der Waals surface area contributed by atoms with Crippen LogP contribution in [0.4, 0.5) is 8.78 Å². The first kappa shape index (κ1) is 20.1. The van der Waals surface area contributed by atoms with E-state index in [9.17, 15) is 18.4 Å². The van der Waals surface area contributed by atoms with E-state index < -0.39 is 12.6 Å². The summed E-state index contributed by atoms with van der Waals surface area (Å²) in [5, 5.41) is 0. The lowest BCUT2D eigenvalue weighted by Crippen LogP contribution is -2.24. The molecule has 0 aliphatic carbocycles. The summed E-state index contributed by atoms with van der Waals surface area (Å²) in [5.41, 5.74) is 1.97. The van der Waals surface area contributed by atoms with E-state index in [0.717, 1.165) is 11.1 Å². The molecule has 0 radical (unpaired) electrons. The molecule has 5 nitrogen and oxygen atoms in total. The molecule has 0 saturated heterocycles. The van der Waals surface area contributed by atoms with Crippen molar-refractivity contribution in [1.29, 1.82) is 0 Å². The topological polar surface area (TPSA) is 55.8 Å². The van der Waals surface area contributed by atoms with Crippen molar-refractivity contribution in [3.05, 3.63) is 71.3 Å². The summed E-state index contributed by atoms with van der Waals surface area (Å²) in [6.07, 6.45) is 3.06. The second-order valence-corrected chi connectivity index (χ2v) is 5.66. The van der Waals surface area contributed by atoms with Crippen LogP contribution in [0.25, 0.3) is 6.08 Å². The van der Waals surface area contributed by atoms with Crippen molar-refractivity contribution in [2.24, 2.45) is 0 Å². The summed E-state index contributed by atoms with van der Waals surface area (Å²) >= 11 is 0. The van der Waals surface area contributed by atoms with Crippen LogP contribution >= 0.6 is 0 Å². The Morgan fingerprint density at radius 2 is 1.70 bits per heavy atom. The maximum absolute atomic E-state index is 12.2. The van der Waals surface area contributed by atoms with Crippen LogP contribution in [-0.4, -0.2) is 37.5 Å². The fraction of sp³-hybridized carbons (Fsp3) is 0.200. The van der Waals surface area contributed by atoms with Gasteiger partial charge in [-0.15, -0.1) is 0 Å². The molecule has 0 aliphatic heterocycles. The minimum Gasteiger partial charge on any atom is -0.465 e. The molecule has 0 N–H and O–H groups in total. The maximum atomic E-state index is 12.2. The van der Waals surface area contributed by atoms with E-state index in [1.807, 2.05) is 0 Å². The number of rotatable bonds is 7. The van der Waals surface area contributed by atoms with Gasteiger partial charge in [0.15, 0.2) is 0 Å². The van der Waals surface area contributed by atoms with Crippen molar-refractivity contribution < 1.29 is 27.8 Å². The van der Waals surface area contributed by atoms with Crippen LogP contribution in [0.1, 0.15) is 21.5 Å². The zero-order valence-corrected chi connectivity index (χ0v) is 14.9. The van der Waals surface area contributed by atoms with Gasteiger partial charge in [-0.2, -0.15) is 8.78 Å². The molecule has 27 heavy (non-hydrogen) atoms. The zero-order valence-electron chi connectivity index (χ0n) is 14.9. The lowest BCUT2D eigenvalue weighted by atomic mass is 10.1. The number of alkyl halides is 2. The van der Waals surface area contributed by atoms with E-state index in [-0.39, 0.29) is 11.7 Å². The fourth-order valence-corrected chi connectivity index (χ4v) is 2.27. The number of ether oxygens (including phenoxy) is 2. The summed E-state index contributed by atoms with van der Waals surface area (Å²) in [6, 6.07) is 12.7. The highest BCUT2D eigenvalue weighted by Crippen LogP contribution is 2.16. The van der Waals surface area contributed by atoms with Crippen molar-refractivity contribution in [1.82, 2.24) is 4.90 Å². The van der Waals surface area contributed by atoms with Crippen molar-refractivity contribution in [3.63, 3.8) is 0 Å². The van der Waals surface area contributed by atoms with E-state index in [1.165, 1.54) is 30.2 Å². The van der Waals surface area contributed by atoms with E-state index in [0.29, 0.717) is 12.1 Å². The number of benzene rings is 2. The quantitative estimate of drug-likeness (QED) is 0.546. The van der Waals surface area contributed by atoms with Gasteiger partial charge in [-0.1, -0.05) is 24.3 Å². The van der Waals surface area contributed by atoms with Crippen molar-refractivity contribution in [3.8, 4) is 5.75 Å². The number of carbonyl (C=O) groups is 2. The normalized spacial score (nSPS) is 10.9. The third-order valence-electron chi connectivity index (χ3n) is 3.69. The van der Waals surface area contributed by atoms with Crippen LogP contribution in [-0.2, 0) is 16.1 Å². The van der Waals surface area contributed by atoms with Gasteiger partial charge in [-0.25, -0.2) is 4.79 Å². The molecule has 0 aromatic heterocycles. The smallest absolute Gasteiger partial charge is 0.387 e. The SMILES string of the molecule is COC(=O)c1ccc(C=CC(=O)N(C)Cc2ccc(OC(F)F)cc2)cc1. The van der Waals surface area contributed by atoms with Crippen LogP contribution in [0, 0.1) is 0 Å². The molecular weight excluding hydrogens is 356 g/mol. The Morgan fingerprint density at radius 3 is 2.26 bits per heavy atom. The number of amides is 1. The molecular formula is C20H19F2NO4. The Morgan fingerprint density at radius 1 is 1.07 bits per heavy atom. The second kappa shape index (κ2) is 9.47. The summed E-state index contributed by atoms with van der Waals surface area (Å²) in [7, 11) is 2.95. The molecule has 0 bridgehead atoms. The van der Waals surface area contributed by atoms with Gasteiger partial charge in [0, 0.05) is 19.7 Å². The Bertz CT molecular complexity index is 802. The Balaban J connectivity index is 1.92. The van der Waals surface area contributed by atoms with Crippen LogP contribution < -0.4 is 4.74 Å². The molecule has 142 valence electrons. The van der Waals surface area contributed by atoms with Crippen LogP contribution in [0.15, 0.2) is 54.6 Å². The van der Waals surface area contributed by atoms with Gasteiger partial charge in [0.2, 0.25) is 5.91 Å². The highest BCUT2D eigenvalue weighted by molar-refractivity contribution is 5.92. The third kappa shape index (κ3) is 6.22. The van der Waals surface area contributed by atoms with E-state index in [1.54, 1.807) is 49.5 Å². The Kier molecular flexibility index (Phi) is 7.05. The average Bonchev–Trinajstić information content (AvgIpc) is 2.67. The van der Waals surface area contributed by atoms with Crippen molar-refractivity contribution in [2.75, 3.05) is 14.2 Å². The monoisotopic (exact) mass is 375 g/mol. The number of nitrogens with zero attached hydrogens (tertiary/aromatic N) is 1. The zero-order chi connectivity index (χ0) is 19.8. The van der Waals surface area contributed by atoms with Gasteiger partial charge in [0.1, 0.15) is 5.75 Å². The van der Waals surface area contributed by atoms with Gasteiger partial charge in [0.05, 0.1) is 12.7 Å². The number of esters is 1. The van der Waals surface area contributed by atoms with E-state index in [2.05, 4.69) is 9.47 Å². The van der Waals surface area contributed by atoms with E-state index in [4.69, 9.17) is 0 Å². The highest BCUT2D eigenvalue weighted by atomic mass is 19.3. The molecule has 7 heteroatoms. The molecule has 0 aliphatic rings. The highest BCUT2D eigenvalue weighted by Gasteiger charge is 2.08. The lowest BCUT2D eigenvalue weighted by molar-refractivity contribution is -0.125. The first-order chi connectivity index (χ1) is 12.9. The third-order valence-corrected chi connectivity index (χ3v) is 3.69. The van der Waals surface area contributed by atoms with Gasteiger partial charge in [-0.3, -0.25) is 4.79 Å². The number of hydrogen-bond acceptors (Lipinski definition) is 4. The minimum absolute atomic E-state index is 0.0676. The number of likely N-dealkylation sites (N-methyl/N-ethyl adjacent to an activating group) is 1. The van der Waals surface area contributed by atoms with Gasteiger partial charge >= 0.3 is 12.6 Å². The molecule has 0 heterocycles. The van der Waals surface area contributed by atoms with Crippen LogP contribution in [0.2, 0.25) is 0 Å². The summed E-state index contributed by atoms with van der Waals surface area (Å²) in [5.74, 6) is -0.579. The first-order valence-corrected chi connectivity index (χ1v) is 8.04. The molecule has 0 unspecified atom stereocenters. The Labute approximate surface area is 155 Å².